The summed E-state index contributed by atoms with van der Waals surface area (Å²) in [7, 11) is 0. The highest BCUT2D eigenvalue weighted by atomic mass is 16.4. The minimum absolute atomic E-state index is 0.0536. The van der Waals surface area contributed by atoms with Crippen LogP contribution in [0.25, 0.3) is 0 Å². The van der Waals surface area contributed by atoms with Gasteiger partial charge in [-0.05, 0) is 19.3 Å². The molecule has 2 fully saturated rings. The standard InChI is InChI=1S/C11H19N3O3/c12-8-2-5-14(6-8)10(17)13-7-11(9(15)16)3-1-4-11/h8H,1-7,12H2,(H,13,17)(H,15,16). The number of nitrogens with one attached hydrogen (secondary N) is 1. The summed E-state index contributed by atoms with van der Waals surface area (Å²) in [4.78, 5) is 24.5. The van der Waals surface area contributed by atoms with Crippen LogP contribution in [0.1, 0.15) is 25.7 Å². The second-order valence-corrected chi connectivity index (χ2v) is 5.09. The Morgan fingerprint density at radius 2 is 2.18 bits per heavy atom. The summed E-state index contributed by atoms with van der Waals surface area (Å²) >= 11 is 0. The predicted molar refractivity (Wildman–Crippen MR) is 61.5 cm³/mol. The van der Waals surface area contributed by atoms with Crippen LogP contribution in [-0.4, -0.2) is 47.7 Å². The van der Waals surface area contributed by atoms with E-state index >= 15 is 0 Å². The molecule has 1 unspecified atom stereocenters. The molecule has 6 heteroatoms. The molecule has 1 atom stereocenters. The number of carbonyl (C=O) groups excluding carboxylic acids is 1. The molecular weight excluding hydrogens is 222 g/mol. The largest absolute Gasteiger partial charge is 0.481 e. The van der Waals surface area contributed by atoms with Crippen LogP contribution in [-0.2, 0) is 4.79 Å². The number of carbonyl (C=O) groups is 2. The van der Waals surface area contributed by atoms with Gasteiger partial charge in [0.2, 0.25) is 0 Å². The molecule has 1 aliphatic heterocycles. The molecule has 0 bridgehead atoms. The van der Waals surface area contributed by atoms with Gasteiger partial charge in [-0.25, -0.2) is 4.79 Å². The molecule has 0 aromatic heterocycles. The van der Waals surface area contributed by atoms with Gasteiger partial charge in [-0.15, -0.1) is 0 Å². The van der Waals surface area contributed by atoms with Crippen molar-refractivity contribution in [2.45, 2.75) is 31.7 Å². The van der Waals surface area contributed by atoms with Crippen molar-refractivity contribution in [3.05, 3.63) is 0 Å². The van der Waals surface area contributed by atoms with E-state index in [1.54, 1.807) is 4.90 Å². The number of nitrogens with two attached hydrogens (primary N) is 1. The van der Waals surface area contributed by atoms with E-state index < -0.39 is 11.4 Å². The van der Waals surface area contributed by atoms with Gasteiger partial charge in [0.15, 0.2) is 0 Å². The zero-order valence-electron chi connectivity index (χ0n) is 9.82. The summed E-state index contributed by atoms with van der Waals surface area (Å²) in [6.45, 7) is 1.45. The van der Waals surface area contributed by atoms with Gasteiger partial charge in [-0.3, -0.25) is 4.79 Å². The van der Waals surface area contributed by atoms with E-state index in [1.165, 1.54) is 0 Å². The molecular formula is C11H19N3O3. The van der Waals surface area contributed by atoms with Crippen LogP contribution in [0.4, 0.5) is 4.79 Å². The van der Waals surface area contributed by atoms with Gasteiger partial charge < -0.3 is 21.1 Å². The number of carboxylic acids is 1. The monoisotopic (exact) mass is 241 g/mol. The molecule has 96 valence electrons. The Kier molecular flexibility index (Phi) is 3.24. The quantitative estimate of drug-likeness (QED) is 0.647. The highest BCUT2D eigenvalue weighted by Gasteiger charge is 2.44. The SMILES string of the molecule is NC1CCN(C(=O)NCC2(C(=O)O)CCC2)C1. The normalized spacial score (nSPS) is 26.4. The van der Waals surface area contributed by atoms with Gasteiger partial charge in [0.05, 0.1) is 5.41 Å². The highest BCUT2D eigenvalue weighted by Crippen LogP contribution is 2.40. The van der Waals surface area contributed by atoms with Crippen LogP contribution >= 0.6 is 0 Å². The van der Waals surface area contributed by atoms with Crippen LogP contribution < -0.4 is 11.1 Å². The molecule has 1 saturated heterocycles. The highest BCUT2D eigenvalue weighted by molar-refractivity contribution is 5.79. The van der Waals surface area contributed by atoms with Gasteiger partial charge in [0.25, 0.3) is 0 Å². The second kappa shape index (κ2) is 4.52. The molecule has 2 aliphatic rings. The number of likely N-dealkylation sites (tertiary alicyclic amines) is 1. The third kappa shape index (κ3) is 2.36. The average molecular weight is 241 g/mol. The predicted octanol–water partition coefficient (Wildman–Crippen LogP) is -0.0161. The molecule has 0 spiro atoms. The molecule has 2 amide bonds. The molecule has 0 aromatic rings. The molecule has 0 radical (unpaired) electrons. The topological polar surface area (TPSA) is 95.7 Å². The summed E-state index contributed by atoms with van der Waals surface area (Å²) in [5, 5.41) is 11.8. The Bertz CT molecular complexity index is 328. The number of nitrogens with zero attached hydrogens (tertiary/aromatic N) is 1. The van der Waals surface area contributed by atoms with Gasteiger partial charge in [0, 0.05) is 25.7 Å². The van der Waals surface area contributed by atoms with Crippen molar-refractivity contribution >= 4 is 12.0 Å². The first kappa shape index (κ1) is 12.2. The summed E-state index contributed by atoms with van der Waals surface area (Å²) in [6.07, 6.45) is 3.05. The number of hydrogen-bond donors (Lipinski definition) is 3. The molecule has 1 aliphatic carbocycles. The Morgan fingerprint density at radius 3 is 2.59 bits per heavy atom. The third-order valence-corrected chi connectivity index (χ3v) is 3.85. The minimum Gasteiger partial charge on any atom is -0.481 e. The first-order valence-electron chi connectivity index (χ1n) is 6.05. The van der Waals surface area contributed by atoms with Crippen molar-refractivity contribution in [2.24, 2.45) is 11.1 Å². The summed E-state index contributed by atoms with van der Waals surface area (Å²) in [6, 6.07) is -0.136. The van der Waals surface area contributed by atoms with E-state index in [0.29, 0.717) is 25.9 Å². The third-order valence-electron chi connectivity index (χ3n) is 3.85. The Balaban J connectivity index is 1.81. The molecule has 17 heavy (non-hydrogen) atoms. The van der Waals surface area contributed by atoms with Gasteiger partial charge in [-0.1, -0.05) is 6.42 Å². The van der Waals surface area contributed by atoms with E-state index in [1.807, 2.05) is 0 Å². The molecule has 1 saturated carbocycles. The zero-order chi connectivity index (χ0) is 12.5. The summed E-state index contributed by atoms with van der Waals surface area (Å²) in [5.41, 5.74) is 4.99. The molecule has 0 aromatic carbocycles. The number of rotatable bonds is 3. The number of urea groups is 1. The number of hydrogen-bond acceptors (Lipinski definition) is 3. The fourth-order valence-corrected chi connectivity index (χ4v) is 2.40. The Morgan fingerprint density at radius 1 is 1.47 bits per heavy atom. The van der Waals surface area contributed by atoms with E-state index in [9.17, 15) is 9.59 Å². The Labute approximate surface area is 100 Å². The summed E-state index contributed by atoms with van der Waals surface area (Å²) < 4.78 is 0. The van der Waals surface area contributed by atoms with Crippen LogP contribution in [0.2, 0.25) is 0 Å². The molecule has 6 nitrogen and oxygen atoms in total. The maximum atomic E-state index is 11.8. The van der Waals surface area contributed by atoms with Crippen molar-refractivity contribution in [3.8, 4) is 0 Å². The first-order chi connectivity index (χ1) is 8.03. The molecule has 1 heterocycles. The number of amides is 2. The Hall–Kier alpha value is -1.30. The fraction of sp³-hybridized carbons (Fsp3) is 0.818. The maximum absolute atomic E-state index is 11.8. The van der Waals surface area contributed by atoms with Crippen LogP contribution in [0, 0.1) is 5.41 Å². The lowest BCUT2D eigenvalue weighted by Gasteiger charge is -2.37. The van der Waals surface area contributed by atoms with Crippen molar-refractivity contribution in [1.82, 2.24) is 10.2 Å². The van der Waals surface area contributed by atoms with E-state index in [0.717, 1.165) is 12.8 Å². The molecule has 2 rings (SSSR count). The second-order valence-electron chi connectivity index (χ2n) is 5.09. The first-order valence-corrected chi connectivity index (χ1v) is 6.05. The fourth-order valence-electron chi connectivity index (χ4n) is 2.40. The maximum Gasteiger partial charge on any atom is 0.317 e. The zero-order valence-corrected chi connectivity index (χ0v) is 9.82. The van der Waals surface area contributed by atoms with E-state index in [-0.39, 0.29) is 18.6 Å². The van der Waals surface area contributed by atoms with Crippen molar-refractivity contribution in [2.75, 3.05) is 19.6 Å². The van der Waals surface area contributed by atoms with Crippen LogP contribution in [0.5, 0.6) is 0 Å². The van der Waals surface area contributed by atoms with Crippen LogP contribution in [0.15, 0.2) is 0 Å². The molecule has 4 N–H and O–H groups in total. The lowest BCUT2D eigenvalue weighted by atomic mass is 9.69. The lowest BCUT2D eigenvalue weighted by molar-refractivity contribution is -0.153. The average Bonchev–Trinajstić information content (AvgIpc) is 2.62. The van der Waals surface area contributed by atoms with Gasteiger partial charge in [0.1, 0.15) is 0 Å². The van der Waals surface area contributed by atoms with Crippen molar-refractivity contribution in [3.63, 3.8) is 0 Å². The minimum atomic E-state index is -0.804. The summed E-state index contributed by atoms with van der Waals surface area (Å²) in [5.74, 6) is -0.804. The van der Waals surface area contributed by atoms with E-state index in [2.05, 4.69) is 5.32 Å². The van der Waals surface area contributed by atoms with E-state index in [4.69, 9.17) is 10.8 Å². The van der Waals surface area contributed by atoms with Crippen molar-refractivity contribution in [1.29, 1.82) is 0 Å². The smallest absolute Gasteiger partial charge is 0.317 e. The lowest BCUT2D eigenvalue weighted by Crippen LogP contribution is -2.50. The van der Waals surface area contributed by atoms with Gasteiger partial charge >= 0.3 is 12.0 Å². The van der Waals surface area contributed by atoms with Gasteiger partial charge in [-0.2, -0.15) is 0 Å². The number of aliphatic carboxylic acids is 1. The number of carboxylic acid groups (broad SMARTS) is 1. The van der Waals surface area contributed by atoms with Crippen molar-refractivity contribution < 1.29 is 14.7 Å². The van der Waals surface area contributed by atoms with Crippen LogP contribution in [0.3, 0.4) is 0 Å².